The van der Waals surface area contributed by atoms with Gasteiger partial charge in [-0.05, 0) is 37.5 Å². The summed E-state index contributed by atoms with van der Waals surface area (Å²) in [5.74, 6) is 0.438. The molecule has 0 atom stereocenters. The molecule has 0 radical (unpaired) electrons. The lowest BCUT2D eigenvalue weighted by Gasteiger charge is -2.32. The van der Waals surface area contributed by atoms with Crippen LogP contribution in [0.1, 0.15) is 59.3 Å². The van der Waals surface area contributed by atoms with Gasteiger partial charge in [-0.15, -0.1) is 0 Å². The number of piperidine rings is 1. The quantitative estimate of drug-likeness (QED) is 0.498. The Labute approximate surface area is 209 Å². The van der Waals surface area contributed by atoms with Crippen LogP contribution in [0.25, 0.3) is 11.0 Å². The average Bonchev–Trinajstić information content (AvgIpc) is 2.92. The van der Waals surface area contributed by atoms with Crippen molar-refractivity contribution in [2.75, 3.05) is 26.2 Å². The summed E-state index contributed by atoms with van der Waals surface area (Å²) in [5, 5.41) is 12.2. The Morgan fingerprint density at radius 3 is 2.53 bits per heavy atom. The molecule has 1 fully saturated rings. The van der Waals surface area contributed by atoms with Gasteiger partial charge in [-0.1, -0.05) is 37.3 Å². The van der Waals surface area contributed by atoms with E-state index in [1.54, 1.807) is 19.1 Å². The number of rotatable bonds is 8. The van der Waals surface area contributed by atoms with Crippen molar-refractivity contribution >= 4 is 22.8 Å². The molecule has 3 aromatic rings. The number of nitrogens with zero attached hydrogens (tertiary/aromatic N) is 1. The average molecular weight is 493 g/mol. The van der Waals surface area contributed by atoms with Crippen molar-refractivity contribution in [3.63, 3.8) is 0 Å². The third-order valence-corrected chi connectivity index (χ3v) is 6.67. The van der Waals surface area contributed by atoms with Crippen molar-refractivity contribution in [3.8, 4) is 5.75 Å². The SMILES string of the molecule is CCC(=O)N1CCC(c2oc3c(C(=O)NCCO)c(OCc4ccccc4)ccc3c(=O)c2C)CC1. The summed E-state index contributed by atoms with van der Waals surface area (Å²) in [7, 11) is 0. The fraction of sp³-hybridized carbons (Fsp3) is 0.393. The molecule has 0 unspecified atom stereocenters. The molecular formula is C28H32N2O6. The molecule has 2 aromatic carbocycles. The van der Waals surface area contributed by atoms with Crippen molar-refractivity contribution in [3.05, 3.63) is 75.1 Å². The first kappa shape index (κ1) is 25.4. The maximum Gasteiger partial charge on any atom is 0.258 e. The summed E-state index contributed by atoms with van der Waals surface area (Å²) in [6.07, 6.45) is 1.82. The molecule has 1 saturated heterocycles. The highest BCUT2D eigenvalue weighted by Crippen LogP contribution is 2.34. The van der Waals surface area contributed by atoms with Gasteiger partial charge in [-0.25, -0.2) is 0 Å². The highest BCUT2D eigenvalue weighted by Gasteiger charge is 2.29. The molecule has 0 spiro atoms. The molecule has 0 saturated carbocycles. The second kappa shape index (κ2) is 11.4. The van der Waals surface area contributed by atoms with Crippen LogP contribution in [0.15, 0.2) is 51.7 Å². The molecule has 2 amide bonds. The number of ether oxygens (including phenoxy) is 1. The summed E-state index contributed by atoms with van der Waals surface area (Å²) in [6, 6.07) is 12.8. The normalized spacial score (nSPS) is 14.1. The molecule has 190 valence electrons. The van der Waals surface area contributed by atoms with E-state index < -0.39 is 5.91 Å². The van der Waals surface area contributed by atoms with Gasteiger partial charge in [0.25, 0.3) is 5.91 Å². The highest BCUT2D eigenvalue weighted by molar-refractivity contribution is 6.07. The molecular weight excluding hydrogens is 460 g/mol. The van der Waals surface area contributed by atoms with E-state index >= 15 is 0 Å². The first-order valence-electron chi connectivity index (χ1n) is 12.4. The Morgan fingerprint density at radius 1 is 1.14 bits per heavy atom. The number of carbonyl (C=O) groups excluding carboxylic acids is 2. The Bertz CT molecular complexity index is 1290. The fourth-order valence-corrected chi connectivity index (χ4v) is 4.68. The number of likely N-dealkylation sites (tertiary alicyclic amines) is 1. The van der Waals surface area contributed by atoms with Crippen LogP contribution < -0.4 is 15.5 Å². The molecule has 2 N–H and O–H groups in total. The lowest BCUT2D eigenvalue weighted by Crippen LogP contribution is -2.37. The van der Waals surface area contributed by atoms with Crippen molar-refractivity contribution in [1.82, 2.24) is 10.2 Å². The molecule has 36 heavy (non-hydrogen) atoms. The second-order valence-electron chi connectivity index (χ2n) is 9.00. The van der Waals surface area contributed by atoms with Gasteiger partial charge in [0.15, 0.2) is 11.0 Å². The maximum absolute atomic E-state index is 13.4. The molecule has 1 aliphatic heterocycles. The van der Waals surface area contributed by atoms with Crippen LogP contribution in [0.4, 0.5) is 0 Å². The maximum atomic E-state index is 13.4. The third kappa shape index (κ3) is 5.28. The van der Waals surface area contributed by atoms with Gasteiger partial charge in [-0.2, -0.15) is 0 Å². The smallest absolute Gasteiger partial charge is 0.258 e. The van der Waals surface area contributed by atoms with Gasteiger partial charge >= 0.3 is 0 Å². The van der Waals surface area contributed by atoms with E-state index in [1.165, 1.54) is 0 Å². The number of fused-ring (bicyclic) bond motifs is 1. The van der Waals surface area contributed by atoms with E-state index in [-0.39, 0.29) is 48.2 Å². The van der Waals surface area contributed by atoms with Crippen LogP contribution in [-0.4, -0.2) is 48.1 Å². The molecule has 0 bridgehead atoms. The second-order valence-corrected chi connectivity index (χ2v) is 9.00. The first-order valence-corrected chi connectivity index (χ1v) is 12.4. The van der Waals surface area contributed by atoms with E-state index in [9.17, 15) is 19.5 Å². The van der Waals surface area contributed by atoms with Crippen molar-refractivity contribution in [2.24, 2.45) is 0 Å². The summed E-state index contributed by atoms with van der Waals surface area (Å²) < 4.78 is 12.4. The van der Waals surface area contributed by atoms with Gasteiger partial charge in [-0.3, -0.25) is 14.4 Å². The topological polar surface area (TPSA) is 109 Å². The number of nitrogens with one attached hydrogen (secondary N) is 1. The van der Waals surface area contributed by atoms with Gasteiger partial charge in [0.1, 0.15) is 23.7 Å². The zero-order valence-electron chi connectivity index (χ0n) is 20.7. The van der Waals surface area contributed by atoms with Crippen LogP contribution in [0.5, 0.6) is 5.75 Å². The molecule has 8 heteroatoms. The number of hydrogen-bond donors (Lipinski definition) is 2. The lowest BCUT2D eigenvalue weighted by molar-refractivity contribution is -0.131. The van der Waals surface area contributed by atoms with E-state index in [0.717, 1.165) is 5.56 Å². The van der Waals surface area contributed by atoms with Crippen LogP contribution in [0.3, 0.4) is 0 Å². The largest absolute Gasteiger partial charge is 0.488 e. The van der Waals surface area contributed by atoms with Gasteiger partial charge in [0, 0.05) is 37.5 Å². The summed E-state index contributed by atoms with van der Waals surface area (Å²) >= 11 is 0. The predicted molar refractivity (Wildman–Crippen MR) is 136 cm³/mol. The number of carbonyl (C=O) groups is 2. The van der Waals surface area contributed by atoms with Crippen LogP contribution in [-0.2, 0) is 11.4 Å². The van der Waals surface area contributed by atoms with E-state index in [0.29, 0.717) is 54.8 Å². The van der Waals surface area contributed by atoms with Gasteiger partial charge in [0.2, 0.25) is 5.91 Å². The minimum Gasteiger partial charge on any atom is -0.488 e. The minimum absolute atomic E-state index is 0.0368. The Morgan fingerprint density at radius 2 is 1.86 bits per heavy atom. The monoisotopic (exact) mass is 492 g/mol. The summed E-state index contributed by atoms with van der Waals surface area (Å²) in [4.78, 5) is 40.5. The molecule has 8 nitrogen and oxygen atoms in total. The standard InChI is InChI=1S/C28H32N2O6/c1-3-23(32)30-14-11-20(12-15-30)26-18(2)25(33)21-9-10-22(35-17-19-7-5-4-6-8-19)24(27(21)36-26)28(34)29-13-16-31/h4-10,20,31H,3,11-17H2,1-2H3,(H,29,34). The summed E-state index contributed by atoms with van der Waals surface area (Å²) in [5.41, 5.74) is 1.56. The Kier molecular flexibility index (Phi) is 8.05. The molecule has 1 aliphatic rings. The predicted octanol–water partition coefficient (Wildman–Crippen LogP) is 3.52. The van der Waals surface area contributed by atoms with E-state index in [1.807, 2.05) is 42.2 Å². The zero-order chi connectivity index (χ0) is 25.7. The number of hydrogen-bond acceptors (Lipinski definition) is 6. The van der Waals surface area contributed by atoms with Gasteiger partial charge in [0.05, 0.1) is 12.0 Å². The number of aliphatic hydroxyl groups excluding tert-OH is 1. The molecule has 2 heterocycles. The van der Waals surface area contributed by atoms with Gasteiger partial charge < -0.3 is 24.5 Å². The summed E-state index contributed by atoms with van der Waals surface area (Å²) in [6.45, 7) is 4.86. The lowest BCUT2D eigenvalue weighted by atomic mass is 9.91. The molecule has 4 rings (SSSR count). The fourth-order valence-electron chi connectivity index (χ4n) is 4.68. The minimum atomic E-state index is -0.487. The number of aliphatic hydroxyl groups is 1. The third-order valence-electron chi connectivity index (χ3n) is 6.67. The number of amides is 2. The highest BCUT2D eigenvalue weighted by atomic mass is 16.5. The molecule has 0 aliphatic carbocycles. The van der Waals surface area contributed by atoms with Crippen molar-refractivity contribution < 1.29 is 23.8 Å². The number of benzene rings is 2. The Balaban J connectivity index is 1.75. The Hall–Kier alpha value is -3.65. The van der Waals surface area contributed by atoms with Crippen LogP contribution in [0.2, 0.25) is 0 Å². The zero-order valence-corrected chi connectivity index (χ0v) is 20.7. The van der Waals surface area contributed by atoms with Crippen LogP contribution in [0, 0.1) is 6.92 Å². The van der Waals surface area contributed by atoms with Crippen molar-refractivity contribution in [2.45, 2.75) is 45.6 Å². The van der Waals surface area contributed by atoms with Crippen LogP contribution >= 0.6 is 0 Å². The van der Waals surface area contributed by atoms with Crippen molar-refractivity contribution in [1.29, 1.82) is 0 Å². The van der Waals surface area contributed by atoms with E-state index in [2.05, 4.69) is 5.32 Å². The first-order chi connectivity index (χ1) is 17.4. The van der Waals surface area contributed by atoms with E-state index in [4.69, 9.17) is 9.15 Å². The molecule has 1 aromatic heterocycles.